The second kappa shape index (κ2) is 43.0. The zero-order chi connectivity index (χ0) is 19.1. The van der Waals surface area contributed by atoms with Gasteiger partial charge in [-0.25, -0.2) is 0 Å². The molecule has 1 heterocycles. The van der Waals surface area contributed by atoms with E-state index in [-0.39, 0.29) is 73.2 Å². The van der Waals surface area contributed by atoms with Crippen molar-refractivity contribution in [3.63, 3.8) is 0 Å². The van der Waals surface area contributed by atoms with Gasteiger partial charge in [-0.15, -0.1) is 0 Å². The Morgan fingerprint density at radius 3 is 1.78 bits per heavy atom. The molecule has 6 N–H and O–H groups in total. The van der Waals surface area contributed by atoms with Crippen LogP contribution in [0.4, 0.5) is 0 Å². The molecule has 5 nitrogen and oxygen atoms in total. The van der Waals surface area contributed by atoms with E-state index >= 15 is 0 Å². The number of epoxide rings is 1. The van der Waals surface area contributed by atoms with Gasteiger partial charge in [0.15, 0.2) is 0 Å². The van der Waals surface area contributed by atoms with Crippen LogP contribution >= 0.6 is 36.2 Å². The topological polar surface area (TPSA) is 96.8 Å². The van der Waals surface area contributed by atoms with Gasteiger partial charge < -0.3 is 26.6 Å². The van der Waals surface area contributed by atoms with Crippen LogP contribution in [0.5, 0.6) is 0 Å². The van der Waals surface area contributed by atoms with E-state index in [0.717, 1.165) is 49.9 Å². The van der Waals surface area contributed by atoms with Gasteiger partial charge in [-0.3, -0.25) is 0 Å². The SMILES string of the molecule is CCC(O)CNCCSC.CCC1CO1.CSCCN.NCCS.[Au].[Au].[Au]. The maximum Gasteiger partial charge on any atom is 0.0807 e. The van der Waals surface area contributed by atoms with Gasteiger partial charge in [0.25, 0.3) is 0 Å². The summed E-state index contributed by atoms with van der Waals surface area (Å²) in [6.07, 6.45) is 6.63. The van der Waals surface area contributed by atoms with Crippen LogP contribution in [0.1, 0.15) is 26.7 Å². The second-order valence-corrected chi connectivity index (χ2v) is 7.33. The minimum absolute atomic E-state index is 0. The molecule has 3 radical (unpaired) electrons. The first-order valence-corrected chi connectivity index (χ1v) is 12.0. The Kier molecular flexibility index (Phi) is 69.9. The van der Waals surface area contributed by atoms with Crippen molar-refractivity contribution in [3.8, 4) is 0 Å². The molecule has 0 saturated carbocycles. The predicted molar refractivity (Wildman–Crippen MR) is 118 cm³/mol. The maximum atomic E-state index is 9.09. The van der Waals surface area contributed by atoms with Gasteiger partial charge in [0.05, 0.1) is 18.8 Å². The van der Waals surface area contributed by atoms with E-state index in [1.807, 2.05) is 24.9 Å². The van der Waals surface area contributed by atoms with Gasteiger partial charge in [-0.1, -0.05) is 13.8 Å². The molecule has 0 aliphatic carbocycles. The fourth-order valence-electron chi connectivity index (χ4n) is 1.01. The van der Waals surface area contributed by atoms with E-state index in [0.29, 0.717) is 12.6 Å². The van der Waals surface area contributed by atoms with Crippen LogP contribution in [-0.4, -0.2) is 79.9 Å². The monoisotopic (exact) mass is 994 g/mol. The summed E-state index contributed by atoms with van der Waals surface area (Å²) in [5.41, 5.74) is 10.1. The number of thiol groups is 1. The van der Waals surface area contributed by atoms with Crippen molar-refractivity contribution in [1.29, 1.82) is 0 Å². The molecule has 1 aliphatic rings. The van der Waals surface area contributed by atoms with E-state index in [1.54, 1.807) is 11.8 Å². The van der Waals surface area contributed by atoms with Crippen molar-refractivity contribution in [3.05, 3.63) is 0 Å². The third-order valence-corrected chi connectivity index (χ3v) is 4.16. The van der Waals surface area contributed by atoms with Gasteiger partial charge in [0.1, 0.15) is 0 Å². The van der Waals surface area contributed by atoms with Crippen LogP contribution in [-0.2, 0) is 71.9 Å². The molecular weight excluding hydrogens is 953 g/mol. The number of ether oxygens (including phenoxy) is 1. The minimum atomic E-state index is -0.165. The average molecular weight is 995 g/mol. The van der Waals surface area contributed by atoms with Gasteiger partial charge in [0.2, 0.25) is 0 Å². The molecule has 0 amide bonds. The quantitative estimate of drug-likeness (QED) is 0.0986. The summed E-state index contributed by atoms with van der Waals surface area (Å²) in [5, 5.41) is 12.3. The molecule has 0 aromatic rings. The molecule has 1 rings (SSSR count). The summed E-state index contributed by atoms with van der Waals surface area (Å²) in [4.78, 5) is 0. The molecule has 1 saturated heterocycles. The Hall–Kier alpha value is 3.07. The Labute approximate surface area is 229 Å². The number of nitrogens with two attached hydrogens (primary N) is 2. The van der Waals surface area contributed by atoms with Crippen LogP contribution in [0.3, 0.4) is 0 Å². The van der Waals surface area contributed by atoms with Crippen LogP contribution in [0, 0.1) is 0 Å². The Morgan fingerprint density at radius 2 is 1.59 bits per heavy atom. The zero-order valence-electron chi connectivity index (χ0n) is 16.9. The zero-order valence-corrected chi connectivity index (χ0v) is 25.9. The maximum absolute atomic E-state index is 9.09. The third-order valence-electron chi connectivity index (χ3n) is 2.64. The summed E-state index contributed by atoms with van der Waals surface area (Å²) >= 11 is 7.39. The van der Waals surface area contributed by atoms with Crippen LogP contribution in [0.15, 0.2) is 0 Å². The van der Waals surface area contributed by atoms with Crippen molar-refractivity contribution >= 4 is 36.2 Å². The van der Waals surface area contributed by atoms with Crippen LogP contribution in [0.25, 0.3) is 0 Å². The largest absolute Gasteiger partial charge is 0.392 e. The normalized spacial score (nSPS) is 14.0. The van der Waals surface area contributed by atoms with E-state index in [2.05, 4.69) is 31.1 Å². The van der Waals surface area contributed by atoms with E-state index in [1.165, 1.54) is 6.42 Å². The Morgan fingerprint density at radius 1 is 1.11 bits per heavy atom. The van der Waals surface area contributed by atoms with Gasteiger partial charge in [-0.05, 0) is 25.4 Å². The molecule has 11 heteroatoms. The van der Waals surface area contributed by atoms with Gasteiger partial charge in [0, 0.05) is 111 Å². The van der Waals surface area contributed by atoms with Crippen molar-refractivity contribution in [2.75, 3.05) is 62.6 Å². The number of nitrogens with one attached hydrogen (secondary N) is 1. The van der Waals surface area contributed by atoms with Crippen LogP contribution < -0.4 is 16.8 Å². The number of hydrogen-bond donors (Lipinski definition) is 5. The molecule has 27 heavy (non-hydrogen) atoms. The summed E-state index contributed by atoms with van der Waals surface area (Å²) in [6, 6.07) is 0. The molecule has 0 aromatic carbocycles. The summed E-state index contributed by atoms with van der Waals surface area (Å²) < 4.78 is 4.86. The van der Waals surface area contributed by atoms with E-state index in [9.17, 15) is 0 Å². The fraction of sp³-hybridized carbons (Fsp3) is 1.00. The van der Waals surface area contributed by atoms with Crippen molar-refractivity contribution in [1.82, 2.24) is 5.32 Å². The van der Waals surface area contributed by atoms with Crippen molar-refractivity contribution in [2.24, 2.45) is 11.5 Å². The average Bonchev–Trinajstić information content (AvgIpc) is 3.45. The Balaban J connectivity index is -0.0000000561. The molecule has 0 aromatic heterocycles. The first kappa shape index (κ1) is 43.9. The predicted octanol–water partition coefficient (Wildman–Crippen LogP) is 1.68. The number of rotatable bonds is 10. The van der Waals surface area contributed by atoms with Crippen molar-refractivity contribution < 1.29 is 77.0 Å². The molecular formula is C16H41Au3N3O2S3. The molecule has 2 unspecified atom stereocenters. The molecule has 183 valence electrons. The number of hydrogen-bond acceptors (Lipinski definition) is 8. The molecule has 2 atom stereocenters. The van der Waals surface area contributed by atoms with E-state index < -0.39 is 0 Å². The van der Waals surface area contributed by atoms with Gasteiger partial charge >= 0.3 is 0 Å². The summed E-state index contributed by atoms with van der Waals surface area (Å²) in [5.74, 6) is 3.00. The number of aliphatic hydroxyl groups excluding tert-OH is 1. The smallest absolute Gasteiger partial charge is 0.0807 e. The van der Waals surface area contributed by atoms with Crippen molar-refractivity contribution in [2.45, 2.75) is 38.9 Å². The van der Waals surface area contributed by atoms with Crippen LogP contribution in [0.2, 0.25) is 0 Å². The standard InChI is InChI=1S/C7H17NOS.C4H8O.C3H9NS.C2H7NS.3Au/c1-3-7(9)6-8-4-5-10-2;1-2-4-3-5-4;1-5-3-2-4;3-1-2-4;;;/h7-9H,3-6H2,1-2H3;4H,2-3H2,1H3;2-4H2,1H3;4H,1-3H2;;;. The summed E-state index contributed by atoms with van der Waals surface area (Å²) in [6.45, 7) is 8.36. The minimum Gasteiger partial charge on any atom is -0.392 e. The molecule has 0 bridgehead atoms. The molecule has 1 fully saturated rings. The summed E-state index contributed by atoms with van der Waals surface area (Å²) in [7, 11) is 0. The second-order valence-electron chi connectivity index (χ2n) is 4.92. The first-order valence-electron chi connectivity index (χ1n) is 8.56. The Bertz CT molecular complexity index is 213. The fourth-order valence-corrected chi connectivity index (χ4v) is 1.59. The van der Waals surface area contributed by atoms with E-state index in [4.69, 9.17) is 21.3 Å². The number of aliphatic hydroxyl groups is 1. The third kappa shape index (κ3) is 58.6. The molecule has 1 aliphatic heterocycles. The number of thioether (sulfide) groups is 2. The van der Waals surface area contributed by atoms with Gasteiger partial charge in [-0.2, -0.15) is 36.2 Å². The first-order chi connectivity index (χ1) is 11.6. The molecule has 0 spiro atoms.